The molecular formula is C16H19ClN2O2. The van der Waals surface area contributed by atoms with Crippen LogP contribution in [0, 0.1) is 5.41 Å². The number of piperidine rings is 2. The van der Waals surface area contributed by atoms with E-state index in [9.17, 15) is 9.59 Å². The third-order valence-electron chi connectivity index (χ3n) is 4.84. The molecule has 0 saturated carbocycles. The number of carbonyl (C=O) groups excluding carboxylic acids is 2. The lowest BCUT2D eigenvalue weighted by atomic mass is 9.62. The van der Waals surface area contributed by atoms with Gasteiger partial charge in [-0.1, -0.05) is 23.7 Å². The van der Waals surface area contributed by atoms with E-state index in [1.165, 1.54) is 0 Å². The van der Waals surface area contributed by atoms with Gasteiger partial charge in [0.25, 0.3) is 0 Å². The Bertz CT molecular complexity index is 562. The molecule has 1 unspecified atom stereocenters. The van der Waals surface area contributed by atoms with E-state index in [0.29, 0.717) is 11.4 Å². The molecule has 1 atom stereocenters. The van der Waals surface area contributed by atoms with E-state index < -0.39 is 0 Å². The van der Waals surface area contributed by atoms with Crippen molar-refractivity contribution in [2.24, 2.45) is 5.41 Å². The third kappa shape index (κ3) is 2.70. The van der Waals surface area contributed by atoms with Crippen molar-refractivity contribution in [3.63, 3.8) is 0 Å². The minimum atomic E-state index is -0.263. The number of likely N-dealkylation sites (tertiary alicyclic amines) is 1. The van der Waals surface area contributed by atoms with Gasteiger partial charge < -0.3 is 4.90 Å². The molecule has 2 fully saturated rings. The van der Waals surface area contributed by atoms with Gasteiger partial charge in [-0.2, -0.15) is 0 Å². The van der Waals surface area contributed by atoms with Gasteiger partial charge in [0.2, 0.25) is 11.8 Å². The first-order valence-corrected chi connectivity index (χ1v) is 7.66. The Morgan fingerprint density at radius 1 is 1.19 bits per heavy atom. The van der Waals surface area contributed by atoms with Crippen molar-refractivity contribution in [3.8, 4) is 0 Å². The minimum absolute atomic E-state index is 0.144. The van der Waals surface area contributed by atoms with Crippen molar-refractivity contribution < 1.29 is 9.59 Å². The summed E-state index contributed by atoms with van der Waals surface area (Å²) in [5.41, 5.74) is 0.702. The van der Waals surface area contributed by atoms with Crippen LogP contribution in [-0.2, 0) is 9.59 Å². The number of amides is 2. The van der Waals surface area contributed by atoms with Crippen molar-refractivity contribution in [2.45, 2.75) is 25.2 Å². The maximum atomic E-state index is 12.5. The SMILES string of the molecule is CN1CCC2(CC1)CC(=O)NC(=O)C2c1ccc(Cl)cc1. The average Bonchev–Trinajstić information content (AvgIpc) is 2.44. The highest BCUT2D eigenvalue weighted by Crippen LogP contribution is 2.49. The van der Waals surface area contributed by atoms with Crippen LogP contribution in [0.25, 0.3) is 0 Å². The first kappa shape index (κ1) is 14.5. The summed E-state index contributed by atoms with van der Waals surface area (Å²) in [6.45, 7) is 1.84. The zero-order valence-electron chi connectivity index (χ0n) is 12.1. The highest BCUT2D eigenvalue weighted by atomic mass is 35.5. The number of nitrogens with zero attached hydrogens (tertiary/aromatic N) is 1. The summed E-state index contributed by atoms with van der Waals surface area (Å²) < 4.78 is 0. The molecule has 4 nitrogen and oxygen atoms in total. The summed E-state index contributed by atoms with van der Waals surface area (Å²) in [7, 11) is 2.08. The second-order valence-corrected chi connectivity index (χ2v) is 6.68. The van der Waals surface area contributed by atoms with Crippen molar-refractivity contribution >= 4 is 23.4 Å². The molecule has 0 aliphatic carbocycles. The Labute approximate surface area is 129 Å². The maximum absolute atomic E-state index is 12.5. The highest BCUT2D eigenvalue weighted by molar-refractivity contribution is 6.30. The molecule has 1 N–H and O–H groups in total. The normalized spacial score (nSPS) is 25.9. The molecule has 1 aromatic carbocycles. The largest absolute Gasteiger partial charge is 0.306 e. The molecule has 2 aliphatic rings. The standard InChI is InChI=1S/C16H19ClN2O2/c1-19-8-6-16(7-9-19)10-13(20)18-15(21)14(16)11-2-4-12(17)5-3-11/h2-5,14H,6-10H2,1H3,(H,18,20,21). The van der Waals surface area contributed by atoms with Crippen LogP contribution in [0.5, 0.6) is 0 Å². The molecule has 2 heterocycles. The van der Waals surface area contributed by atoms with Crippen molar-refractivity contribution in [3.05, 3.63) is 34.9 Å². The Balaban J connectivity index is 1.99. The molecule has 2 saturated heterocycles. The first-order chi connectivity index (χ1) is 10.00. The predicted molar refractivity (Wildman–Crippen MR) is 81.1 cm³/mol. The van der Waals surface area contributed by atoms with E-state index in [-0.39, 0.29) is 23.1 Å². The third-order valence-corrected chi connectivity index (χ3v) is 5.09. The first-order valence-electron chi connectivity index (χ1n) is 7.28. The molecule has 21 heavy (non-hydrogen) atoms. The van der Waals surface area contributed by atoms with Crippen molar-refractivity contribution in [2.75, 3.05) is 20.1 Å². The highest BCUT2D eigenvalue weighted by Gasteiger charge is 2.50. The topological polar surface area (TPSA) is 49.4 Å². The lowest BCUT2D eigenvalue weighted by molar-refractivity contribution is -0.141. The van der Waals surface area contributed by atoms with Gasteiger partial charge in [0.1, 0.15) is 0 Å². The van der Waals surface area contributed by atoms with Gasteiger partial charge in [-0.15, -0.1) is 0 Å². The van der Waals surface area contributed by atoms with Crippen molar-refractivity contribution in [1.29, 1.82) is 0 Å². The summed E-state index contributed by atoms with van der Waals surface area (Å²) in [5.74, 6) is -0.575. The fourth-order valence-electron chi connectivity index (χ4n) is 3.64. The number of imide groups is 1. The van der Waals surface area contributed by atoms with Crippen LogP contribution >= 0.6 is 11.6 Å². The summed E-state index contributed by atoms with van der Waals surface area (Å²) in [6.07, 6.45) is 2.17. The monoisotopic (exact) mass is 306 g/mol. The van der Waals surface area contributed by atoms with E-state index in [1.807, 2.05) is 24.3 Å². The number of carbonyl (C=O) groups is 2. The summed E-state index contributed by atoms with van der Waals surface area (Å²) in [4.78, 5) is 26.6. The molecule has 0 aromatic heterocycles. The second kappa shape index (κ2) is 5.43. The van der Waals surface area contributed by atoms with Gasteiger partial charge in [0.05, 0.1) is 5.92 Å². The second-order valence-electron chi connectivity index (χ2n) is 6.24. The fraction of sp³-hybridized carbons (Fsp3) is 0.500. The molecule has 2 amide bonds. The lowest BCUT2D eigenvalue weighted by Crippen LogP contribution is -2.54. The number of rotatable bonds is 1. The zero-order chi connectivity index (χ0) is 15.0. The summed E-state index contributed by atoms with van der Waals surface area (Å²) in [5, 5.41) is 3.16. The number of benzene rings is 1. The molecule has 2 aliphatic heterocycles. The Morgan fingerprint density at radius 2 is 1.81 bits per heavy atom. The van der Waals surface area contributed by atoms with Crippen LogP contribution in [0.2, 0.25) is 5.02 Å². The van der Waals surface area contributed by atoms with Gasteiger partial charge >= 0.3 is 0 Å². The van der Waals surface area contributed by atoms with Crippen LogP contribution < -0.4 is 5.32 Å². The van der Waals surface area contributed by atoms with Crippen LogP contribution in [0.1, 0.15) is 30.7 Å². The van der Waals surface area contributed by atoms with Gasteiger partial charge in [-0.05, 0) is 56.1 Å². The van der Waals surface area contributed by atoms with Crippen LogP contribution in [0.15, 0.2) is 24.3 Å². The number of hydrogen-bond donors (Lipinski definition) is 1. The molecule has 1 aromatic rings. The molecule has 3 rings (SSSR count). The van der Waals surface area contributed by atoms with Crippen LogP contribution in [0.3, 0.4) is 0 Å². The van der Waals surface area contributed by atoms with Gasteiger partial charge in [-0.3, -0.25) is 14.9 Å². The van der Waals surface area contributed by atoms with Crippen LogP contribution in [0.4, 0.5) is 0 Å². The van der Waals surface area contributed by atoms with E-state index >= 15 is 0 Å². The average molecular weight is 307 g/mol. The predicted octanol–water partition coefficient (Wildman–Crippen LogP) is 2.18. The quantitative estimate of drug-likeness (QED) is 0.809. The Hall–Kier alpha value is -1.39. The van der Waals surface area contributed by atoms with Crippen LogP contribution in [-0.4, -0.2) is 36.9 Å². The maximum Gasteiger partial charge on any atom is 0.234 e. The molecule has 5 heteroatoms. The number of nitrogens with one attached hydrogen (secondary N) is 1. The molecule has 0 bridgehead atoms. The number of hydrogen-bond acceptors (Lipinski definition) is 3. The van der Waals surface area contributed by atoms with Crippen molar-refractivity contribution in [1.82, 2.24) is 10.2 Å². The number of halogens is 1. The zero-order valence-corrected chi connectivity index (χ0v) is 12.8. The minimum Gasteiger partial charge on any atom is -0.306 e. The van der Waals surface area contributed by atoms with E-state index in [0.717, 1.165) is 31.5 Å². The van der Waals surface area contributed by atoms with Gasteiger partial charge in [0.15, 0.2) is 0 Å². The van der Waals surface area contributed by atoms with E-state index in [1.54, 1.807) is 0 Å². The molecule has 0 radical (unpaired) electrons. The molecule has 1 spiro atoms. The smallest absolute Gasteiger partial charge is 0.234 e. The van der Waals surface area contributed by atoms with E-state index in [2.05, 4.69) is 17.3 Å². The lowest BCUT2D eigenvalue weighted by Gasteiger charge is -2.47. The summed E-state index contributed by atoms with van der Waals surface area (Å²) in [6, 6.07) is 7.43. The molecule has 112 valence electrons. The van der Waals surface area contributed by atoms with Gasteiger partial charge in [-0.25, -0.2) is 0 Å². The Morgan fingerprint density at radius 3 is 2.43 bits per heavy atom. The molecular weight excluding hydrogens is 288 g/mol. The summed E-state index contributed by atoms with van der Waals surface area (Å²) >= 11 is 5.95. The van der Waals surface area contributed by atoms with E-state index in [4.69, 9.17) is 11.6 Å². The van der Waals surface area contributed by atoms with Gasteiger partial charge in [0, 0.05) is 11.4 Å². The fourth-order valence-corrected chi connectivity index (χ4v) is 3.77. The Kier molecular flexibility index (Phi) is 3.76.